The number of aryl methyl sites for hydroxylation is 1. The predicted molar refractivity (Wildman–Crippen MR) is 467 cm³/mol. The number of carbonyl (C=O) groups is 16. The first-order valence-corrected chi connectivity index (χ1v) is 46.1. The molecule has 0 aliphatic rings. The summed E-state index contributed by atoms with van der Waals surface area (Å²) in [5, 5.41) is 50.1. The molecule has 0 saturated heterocycles. The lowest BCUT2D eigenvalue weighted by Gasteiger charge is -2.26. The first-order valence-electron chi connectivity index (χ1n) is 46.1. The van der Waals surface area contributed by atoms with Gasteiger partial charge in [0.05, 0.1) is 78.3 Å². The Morgan fingerprint density at radius 3 is 1.23 bits per heavy atom. The van der Waals surface area contributed by atoms with E-state index in [0.29, 0.717) is 96.4 Å². The number of ether oxygens (including phenoxy) is 8. The fourth-order valence-electron chi connectivity index (χ4n) is 13.7. The van der Waals surface area contributed by atoms with Crippen LogP contribution in [0.5, 0.6) is 0 Å². The van der Waals surface area contributed by atoms with Gasteiger partial charge in [-0.1, -0.05) is 129 Å². The summed E-state index contributed by atoms with van der Waals surface area (Å²) in [6.45, 7) is 7.09. The summed E-state index contributed by atoms with van der Waals surface area (Å²) in [6, 6.07) is -1.15. The molecule has 10 N–H and O–H groups in total. The zero-order chi connectivity index (χ0) is 92.9. The lowest BCUT2D eigenvalue weighted by molar-refractivity contribution is -0.144. The van der Waals surface area contributed by atoms with Crippen molar-refractivity contribution in [3.05, 3.63) is 18.2 Å². The molecule has 5 amide bonds. The second-order valence-electron chi connectivity index (χ2n) is 33.0. The van der Waals surface area contributed by atoms with Crippen LogP contribution in [0.2, 0.25) is 0 Å². The van der Waals surface area contributed by atoms with Gasteiger partial charge in [0.2, 0.25) is 29.5 Å². The molecule has 0 aliphatic carbocycles. The highest BCUT2D eigenvalue weighted by Crippen LogP contribution is 2.31. The number of carbonyl (C=O) groups excluding carboxylic acids is 12. The molecule has 0 radical (unpaired) electrons. The fraction of sp³-hybridized carbons (Fsp3) is 0.791. The number of imidazole rings is 1. The summed E-state index contributed by atoms with van der Waals surface area (Å²) in [7, 11) is 0. The largest absolute Gasteiger partial charge is 0.481 e. The minimum atomic E-state index is -1.20. The van der Waals surface area contributed by atoms with Gasteiger partial charge in [0.25, 0.3) is 0 Å². The molecular weight excluding hydrogens is 1640 g/mol. The maximum absolute atomic E-state index is 14.1. The molecule has 1 heterocycles. The number of Topliss-reactive ketones (excluding diaryl/α,β-unsaturated/α-hetero) is 7. The molecule has 0 fully saturated rings. The number of carboxylic acid groups (broad SMARTS) is 4. The summed E-state index contributed by atoms with van der Waals surface area (Å²) in [5.41, 5.74) is -0.278. The van der Waals surface area contributed by atoms with Gasteiger partial charge in [-0.3, -0.25) is 71.9 Å². The number of H-pyrrole nitrogens is 1. The molecule has 0 spiro atoms. The normalized spacial score (nSPS) is 12.3. The molecular formula is C91H153N7O28. The van der Waals surface area contributed by atoms with Crippen LogP contribution in [0.25, 0.3) is 0 Å². The Labute approximate surface area is 744 Å². The molecule has 35 heteroatoms. The highest BCUT2D eigenvalue weighted by atomic mass is 16.5. The van der Waals surface area contributed by atoms with E-state index in [2.05, 4.69) is 36.6 Å². The summed E-state index contributed by atoms with van der Waals surface area (Å²) in [5.74, 6) is -9.12. The van der Waals surface area contributed by atoms with Crippen molar-refractivity contribution in [3.8, 4) is 0 Å². The molecule has 720 valence electrons. The van der Waals surface area contributed by atoms with Crippen molar-refractivity contribution in [2.24, 2.45) is 23.2 Å². The molecule has 35 nitrogen and oxygen atoms in total. The molecule has 1 rings (SSSR count). The van der Waals surface area contributed by atoms with E-state index in [0.717, 1.165) is 108 Å². The Morgan fingerprint density at radius 2 is 0.770 bits per heavy atom. The number of aliphatic carboxylic acids is 4. The van der Waals surface area contributed by atoms with Crippen molar-refractivity contribution in [1.82, 2.24) is 36.6 Å². The Bertz CT molecular complexity index is 3230. The van der Waals surface area contributed by atoms with Gasteiger partial charge in [0.15, 0.2) is 5.78 Å². The second kappa shape index (κ2) is 77.9. The number of hydrogen-bond donors (Lipinski definition) is 10. The quantitative estimate of drug-likeness (QED) is 0.0271. The second-order valence-corrected chi connectivity index (χ2v) is 33.0. The van der Waals surface area contributed by atoms with Gasteiger partial charge in [0, 0.05) is 152 Å². The lowest BCUT2D eigenvalue weighted by atomic mass is 9.76. The van der Waals surface area contributed by atoms with Gasteiger partial charge in [-0.25, -0.2) is 9.78 Å². The van der Waals surface area contributed by atoms with Crippen molar-refractivity contribution in [2.75, 3.05) is 132 Å². The van der Waals surface area contributed by atoms with Crippen molar-refractivity contribution >= 4 is 93.9 Å². The number of nitrogens with zero attached hydrogens (tertiary/aromatic N) is 1. The standard InChI is InChI=1S/C91H153N7O28/c1-70(99)71(30-24-26-44-93-84(108)66-124-57-53-120-49-29-34-78(103)65-123-56-54-121-50-46-95-82(106)43-38-73(89(115)116)60-76(101)32-20-16-12-8-4-6-10-14-18-22-36-87(111)112)61-80(104)72(62-81(105)91(2,3)63-77(102)40-39-74-64-92-69-97-74)31-25-27-45-94-85(109)67-126-59-55-122-51-47-96-86(110)68-125-58-52-119-48-28-33-75(100)41-42-79(90(117)118)98-83(107)35-21-17-13-9-5-7-11-15-19-23-37-88(113)114/h64,69,71-73,79H,4-63,65-68H2,1-3H3,(H,92,97)(H,93,108)(H,94,109)(H,95,106)(H,96,110)(H,98,107)(H,111,112)(H,113,114)(H,115,116)(H,117,118)/t71-,72-,73-,79+/m1/s1. The van der Waals surface area contributed by atoms with Crippen LogP contribution in [0.15, 0.2) is 12.5 Å². The van der Waals surface area contributed by atoms with Crippen LogP contribution in [0.1, 0.15) is 303 Å². The van der Waals surface area contributed by atoms with E-state index in [-0.39, 0.29) is 285 Å². The van der Waals surface area contributed by atoms with Gasteiger partial charge in [0.1, 0.15) is 67.2 Å². The lowest BCUT2D eigenvalue weighted by Crippen LogP contribution is -2.41. The van der Waals surface area contributed by atoms with E-state index in [1.165, 1.54) is 13.3 Å². The molecule has 1 aromatic heterocycles. The molecule has 0 bridgehead atoms. The first kappa shape index (κ1) is 116. The van der Waals surface area contributed by atoms with E-state index in [1.807, 2.05) is 0 Å². The third kappa shape index (κ3) is 70.8. The van der Waals surface area contributed by atoms with Crippen LogP contribution < -0.4 is 26.6 Å². The number of aromatic nitrogens is 2. The highest BCUT2D eigenvalue weighted by Gasteiger charge is 2.35. The topological polar surface area (TPSA) is 517 Å². The van der Waals surface area contributed by atoms with Crippen LogP contribution in [0.4, 0.5) is 0 Å². The third-order valence-electron chi connectivity index (χ3n) is 21.2. The summed E-state index contributed by atoms with van der Waals surface area (Å²) in [6.07, 6.45) is 27.3. The zero-order valence-corrected chi connectivity index (χ0v) is 75.8. The van der Waals surface area contributed by atoms with Crippen LogP contribution in [0.3, 0.4) is 0 Å². The third-order valence-corrected chi connectivity index (χ3v) is 21.2. The minimum Gasteiger partial charge on any atom is -0.481 e. The smallest absolute Gasteiger partial charge is 0.326 e. The first-order chi connectivity index (χ1) is 60.6. The number of aromatic amines is 1. The monoisotopic (exact) mass is 1790 g/mol. The maximum atomic E-state index is 14.1. The number of amides is 5. The van der Waals surface area contributed by atoms with Crippen molar-refractivity contribution in [2.45, 2.75) is 309 Å². The number of hydrogen-bond acceptors (Lipinski definition) is 25. The number of nitrogens with one attached hydrogen (secondary N) is 6. The van der Waals surface area contributed by atoms with Crippen LogP contribution in [-0.4, -0.2) is 262 Å². The summed E-state index contributed by atoms with van der Waals surface area (Å²) < 4.78 is 43.7. The molecule has 126 heavy (non-hydrogen) atoms. The van der Waals surface area contributed by atoms with E-state index >= 15 is 0 Å². The van der Waals surface area contributed by atoms with Crippen molar-refractivity contribution in [3.63, 3.8) is 0 Å². The summed E-state index contributed by atoms with van der Waals surface area (Å²) >= 11 is 0. The average Bonchev–Trinajstić information content (AvgIpc) is 0.853. The Balaban J connectivity index is 2.29. The SMILES string of the molecule is CC(=O)[C@H](CCCCNC(=O)COCCOCCCC(=O)COCCOCCNC(=O)CC[C@H](CC(=O)CCCCCCCCCCCCC(=O)O)C(=O)O)CC(=O)[C@H](CCCCNC(=O)COCCOCCNC(=O)COCCOCCCC(=O)CC[C@H](NC(=O)CCCCCCCCCCCCC(=O)O)C(=O)O)CC(=O)C(C)(C)CC(=O)CCc1cnc[nH]1. The van der Waals surface area contributed by atoms with Crippen LogP contribution in [-0.2, 0) is 121 Å². The highest BCUT2D eigenvalue weighted by molar-refractivity contribution is 5.95. The number of ketones is 7. The zero-order valence-electron chi connectivity index (χ0n) is 75.8. The van der Waals surface area contributed by atoms with Gasteiger partial charge >= 0.3 is 23.9 Å². The van der Waals surface area contributed by atoms with E-state index in [4.69, 9.17) is 48.1 Å². The Hall–Kier alpha value is -8.19. The van der Waals surface area contributed by atoms with E-state index < -0.39 is 53.1 Å². The fourth-order valence-corrected chi connectivity index (χ4v) is 13.7. The van der Waals surface area contributed by atoms with E-state index in [1.54, 1.807) is 20.0 Å². The number of carboxylic acids is 4. The molecule has 0 saturated carbocycles. The van der Waals surface area contributed by atoms with Gasteiger partial charge in [-0.15, -0.1) is 0 Å². The molecule has 0 aliphatic heterocycles. The van der Waals surface area contributed by atoms with E-state index in [9.17, 15) is 86.9 Å². The van der Waals surface area contributed by atoms with Crippen LogP contribution >= 0.6 is 0 Å². The molecule has 1 aromatic rings. The molecule has 0 unspecified atom stereocenters. The van der Waals surface area contributed by atoms with Crippen LogP contribution in [0, 0.1) is 23.2 Å². The molecule has 4 atom stereocenters. The van der Waals surface area contributed by atoms with Crippen molar-refractivity contribution in [1.29, 1.82) is 0 Å². The molecule has 0 aromatic carbocycles. The number of rotatable bonds is 93. The van der Waals surface area contributed by atoms with Gasteiger partial charge in [-0.2, -0.15) is 0 Å². The average molecular weight is 1790 g/mol. The van der Waals surface area contributed by atoms with Crippen molar-refractivity contribution < 1.29 is 135 Å². The van der Waals surface area contributed by atoms with Gasteiger partial charge < -0.3 is 89.9 Å². The maximum Gasteiger partial charge on any atom is 0.326 e. The van der Waals surface area contributed by atoms with Gasteiger partial charge in [-0.05, 0) is 90.4 Å². The summed E-state index contributed by atoms with van der Waals surface area (Å²) in [4.78, 5) is 205. The Kier molecular flexibility index (Phi) is 71.6. The minimum absolute atomic E-state index is 0.00248. The Morgan fingerprint density at radius 1 is 0.349 bits per heavy atom. The number of unbranched alkanes of at least 4 members (excludes halogenated alkanes) is 20. The predicted octanol–water partition coefficient (Wildman–Crippen LogP) is 10.0.